The molecule has 0 saturated heterocycles. The first-order chi connectivity index (χ1) is 9.92. The van der Waals surface area contributed by atoms with E-state index < -0.39 is 23.2 Å². The van der Waals surface area contributed by atoms with Crippen molar-refractivity contribution in [1.82, 2.24) is 0 Å². The molecule has 0 bridgehead atoms. The van der Waals surface area contributed by atoms with Crippen LogP contribution in [-0.2, 0) is 6.42 Å². The van der Waals surface area contributed by atoms with Crippen molar-refractivity contribution < 1.29 is 18.7 Å². The Labute approximate surface area is 125 Å². The molecule has 1 aromatic heterocycles. The van der Waals surface area contributed by atoms with Crippen molar-refractivity contribution in [2.45, 2.75) is 26.3 Å². The number of nitrogens with one attached hydrogen (secondary N) is 1. The smallest absolute Gasteiger partial charge is 0.338 e. The molecule has 0 amide bonds. The number of anilines is 1. The molecule has 0 radical (unpaired) electrons. The number of rotatable bonds is 5. The van der Waals surface area contributed by atoms with Gasteiger partial charge in [-0.25, -0.2) is 13.6 Å². The number of benzene rings is 1. The van der Waals surface area contributed by atoms with Crippen LogP contribution >= 0.6 is 11.3 Å². The zero-order chi connectivity index (χ0) is 15.6. The maximum atomic E-state index is 13.7. The van der Waals surface area contributed by atoms with Crippen LogP contribution in [-0.4, -0.2) is 11.1 Å². The molecule has 2 aromatic rings. The van der Waals surface area contributed by atoms with Gasteiger partial charge in [-0.1, -0.05) is 6.92 Å². The van der Waals surface area contributed by atoms with E-state index in [0.717, 1.165) is 17.4 Å². The minimum atomic E-state index is -1.42. The van der Waals surface area contributed by atoms with Gasteiger partial charge in [0, 0.05) is 15.8 Å². The van der Waals surface area contributed by atoms with Crippen molar-refractivity contribution in [2.75, 3.05) is 5.32 Å². The number of carboxylic acids is 1. The summed E-state index contributed by atoms with van der Waals surface area (Å²) in [6.45, 7) is 3.89. The quantitative estimate of drug-likeness (QED) is 0.857. The highest BCUT2D eigenvalue weighted by Crippen LogP contribution is 2.28. The lowest BCUT2D eigenvalue weighted by atomic mass is 10.1. The standard InChI is InChI=1S/C15H15F2NO2S/c1-3-9-4-5-14(21-9)8(2)18-13-6-10(15(19)20)11(16)7-12(13)17/h4-8,18H,3H2,1-2H3,(H,19,20). The Morgan fingerprint density at radius 1 is 1.33 bits per heavy atom. The fraction of sp³-hybridized carbons (Fsp3) is 0.267. The molecule has 0 spiro atoms. The van der Waals surface area contributed by atoms with Gasteiger partial charge in [0.15, 0.2) is 0 Å². The number of halogens is 2. The van der Waals surface area contributed by atoms with E-state index in [-0.39, 0.29) is 11.7 Å². The van der Waals surface area contributed by atoms with E-state index in [9.17, 15) is 13.6 Å². The molecule has 0 aliphatic carbocycles. The van der Waals surface area contributed by atoms with E-state index in [1.165, 1.54) is 4.88 Å². The van der Waals surface area contributed by atoms with Gasteiger partial charge in [-0.2, -0.15) is 0 Å². The largest absolute Gasteiger partial charge is 0.478 e. The lowest BCUT2D eigenvalue weighted by molar-refractivity contribution is 0.0692. The Bertz CT molecular complexity index is 670. The number of thiophene rings is 1. The number of carbonyl (C=O) groups is 1. The van der Waals surface area contributed by atoms with Crippen LogP contribution in [0.1, 0.15) is 40.0 Å². The molecule has 3 nitrogen and oxygen atoms in total. The number of aryl methyl sites for hydroxylation is 1. The monoisotopic (exact) mass is 311 g/mol. The fourth-order valence-corrected chi connectivity index (χ4v) is 2.90. The Hall–Kier alpha value is -1.95. The highest BCUT2D eigenvalue weighted by Gasteiger charge is 2.17. The molecule has 1 atom stereocenters. The average Bonchev–Trinajstić information content (AvgIpc) is 2.90. The maximum absolute atomic E-state index is 13.7. The molecule has 0 fully saturated rings. The average molecular weight is 311 g/mol. The Balaban J connectivity index is 2.26. The Morgan fingerprint density at radius 3 is 2.62 bits per heavy atom. The molecule has 2 rings (SSSR count). The molecule has 6 heteroatoms. The molecular weight excluding hydrogens is 296 g/mol. The predicted molar refractivity (Wildman–Crippen MR) is 79.1 cm³/mol. The first kappa shape index (κ1) is 15.4. The van der Waals surface area contributed by atoms with E-state index in [1.807, 2.05) is 26.0 Å². The van der Waals surface area contributed by atoms with Gasteiger partial charge in [-0.3, -0.25) is 0 Å². The third-order valence-electron chi connectivity index (χ3n) is 3.12. The molecule has 21 heavy (non-hydrogen) atoms. The number of aromatic carboxylic acids is 1. The van der Waals surface area contributed by atoms with E-state index in [2.05, 4.69) is 5.32 Å². The van der Waals surface area contributed by atoms with Gasteiger partial charge in [0.05, 0.1) is 17.3 Å². The summed E-state index contributed by atoms with van der Waals surface area (Å²) in [6.07, 6.45) is 0.922. The minimum absolute atomic E-state index is 0.0206. The van der Waals surface area contributed by atoms with Gasteiger partial charge in [-0.15, -0.1) is 11.3 Å². The Morgan fingerprint density at radius 2 is 2.05 bits per heavy atom. The molecule has 2 N–H and O–H groups in total. The van der Waals surface area contributed by atoms with Crippen molar-refractivity contribution in [1.29, 1.82) is 0 Å². The fourth-order valence-electron chi connectivity index (χ4n) is 1.95. The summed E-state index contributed by atoms with van der Waals surface area (Å²) in [5.41, 5.74) is -0.570. The summed E-state index contributed by atoms with van der Waals surface area (Å²) in [6, 6.07) is 5.32. The van der Waals surface area contributed by atoms with Gasteiger partial charge >= 0.3 is 5.97 Å². The van der Waals surface area contributed by atoms with Crippen LogP contribution in [0.5, 0.6) is 0 Å². The number of hydrogen-bond acceptors (Lipinski definition) is 3. The first-order valence-corrected chi connectivity index (χ1v) is 7.31. The van der Waals surface area contributed by atoms with Crippen LogP contribution in [0.4, 0.5) is 14.5 Å². The third kappa shape index (κ3) is 3.39. The van der Waals surface area contributed by atoms with E-state index in [0.29, 0.717) is 6.07 Å². The molecule has 1 aromatic carbocycles. The SMILES string of the molecule is CCc1ccc(C(C)Nc2cc(C(=O)O)c(F)cc2F)s1. The zero-order valence-electron chi connectivity index (χ0n) is 11.6. The maximum Gasteiger partial charge on any atom is 0.338 e. The van der Waals surface area contributed by atoms with Gasteiger partial charge in [-0.05, 0) is 31.5 Å². The summed E-state index contributed by atoms with van der Waals surface area (Å²) in [5, 5.41) is 11.8. The van der Waals surface area contributed by atoms with Crippen LogP contribution in [0.15, 0.2) is 24.3 Å². The minimum Gasteiger partial charge on any atom is -0.478 e. The zero-order valence-corrected chi connectivity index (χ0v) is 12.4. The number of carboxylic acid groups (broad SMARTS) is 1. The van der Waals surface area contributed by atoms with Crippen LogP contribution in [0.2, 0.25) is 0 Å². The van der Waals surface area contributed by atoms with E-state index >= 15 is 0 Å². The lowest BCUT2D eigenvalue weighted by Gasteiger charge is -2.15. The highest BCUT2D eigenvalue weighted by molar-refractivity contribution is 7.12. The summed E-state index contributed by atoms with van der Waals surface area (Å²) < 4.78 is 27.1. The van der Waals surface area contributed by atoms with Gasteiger partial charge in [0.2, 0.25) is 0 Å². The van der Waals surface area contributed by atoms with Crippen molar-refractivity contribution in [3.63, 3.8) is 0 Å². The summed E-state index contributed by atoms with van der Waals surface area (Å²) in [5.74, 6) is -3.31. The van der Waals surface area contributed by atoms with E-state index in [4.69, 9.17) is 5.11 Å². The summed E-state index contributed by atoms with van der Waals surface area (Å²) in [4.78, 5) is 13.1. The van der Waals surface area contributed by atoms with Crippen molar-refractivity contribution >= 4 is 23.0 Å². The van der Waals surface area contributed by atoms with Crippen LogP contribution in [0, 0.1) is 11.6 Å². The first-order valence-electron chi connectivity index (χ1n) is 6.49. The Kier molecular flexibility index (Phi) is 4.57. The highest BCUT2D eigenvalue weighted by atomic mass is 32.1. The second-order valence-corrected chi connectivity index (χ2v) is 5.84. The predicted octanol–water partition coefficient (Wildman–Crippen LogP) is 4.46. The van der Waals surface area contributed by atoms with Crippen molar-refractivity contribution in [3.05, 3.63) is 51.2 Å². The third-order valence-corrected chi connectivity index (χ3v) is 4.53. The molecule has 1 unspecified atom stereocenters. The molecule has 0 aliphatic heterocycles. The van der Waals surface area contributed by atoms with Crippen LogP contribution < -0.4 is 5.32 Å². The van der Waals surface area contributed by atoms with Crippen LogP contribution in [0.25, 0.3) is 0 Å². The second kappa shape index (κ2) is 6.22. The summed E-state index contributed by atoms with van der Waals surface area (Å²) in [7, 11) is 0. The van der Waals surface area contributed by atoms with Gasteiger partial charge < -0.3 is 10.4 Å². The topological polar surface area (TPSA) is 49.3 Å². The molecule has 112 valence electrons. The van der Waals surface area contributed by atoms with Crippen LogP contribution in [0.3, 0.4) is 0 Å². The van der Waals surface area contributed by atoms with Crippen molar-refractivity contribution in [3.8, 4) is 0 Å². The molecule has 0 aliphatic rings. The van der Waals surface area contributed by atoms with Gasteiger partial charge in [0.1, 0.15) is 11.6 Å². The normalized spacial score (nSPS) is 12.2. The summed E-state index contributed by atoms with van der Waals surface area (Å²) >= 11 is 1.60. The molecule has 0 saturated carbocycles. The molecular formula is C15H15F2NO2S. The van der Waals surface area contributed by atoms with Gasteiger partial charge in [0.25, 0.3) is 0 Å². The van der Waals surface area contributed by atoms with E-state index in [1.54, 1.807) is 11.3 Å². The van der Waals surface area contributed by atoms with Crippen molar-refractivity contribution in [2.24, 2.45) is 0 Å². The lowest BCUT2D eigenvalue weighted by Crippen LogP contribution is -2.09. The second-order valence-electron chi connectivity index (χ2n) is 4.64. The molecule has 1 heterocycles. The number of hydrogen-bond donors (Lipinski definition) is 2.